The molecule has 0 aliphatic carbocycles. The number of carbonyl (C=O) groups is 3. The minimum Gasteiger partial charge on any atom is -0.369 e. The number of amides is 4. The summed E-state index contributed by atoms with van der Waals surface area (Å²) in [6.07, 6.45) is 1.17. The van der Waals surface area contributed by atoms with Crippen LogP contribution < -0.4 is 15.5 Å². The quantitative estimate of drug-likeness (QED) is 0.580. The molecule has 3 rings (SSSR count). The minimum absolute atomic E-state index is 0.336. The van der Waals surface area contributed by atoms with Crippen molar-refractivity contribution < 1.29 is 14.4 Å². The molecule has 1 saturated heterocycles. The lowest BCUT2D eigenvalue weighted by atomic mass is 9.85. The number of rotatable bonds is 9. The highest BCUT2D eigenvalue weighted by atomic mass is 16.2. The van der Waals surface area contributed by atoms with Crippen LogP contribution in [0, 0.1) is 0 Å². The Morgan fingerprint density at radius 1 is 1.06 bits per heavy atom. The van der Waals surface area contributed by atoms with Gasteiger partial charge < -0.3 is 15.5 Å². The summed E-state index contributed by atoms with van der Waals surface area (Å²) < 4.78 is 0. The fourth-order valence-corrected chi connectivity index (χ4v) is 4.30. The van der Waals surface area contributed by atoms with E-state index in [0.717, 1.165) is 22.7 Å². The van der Waals surface area contributed by atoms with Crippen LogP contribution in [0.25, 0.3) is 0 Å². The number of urea groups is 1. The molecule has 1 unspecified atom stereocenters. The number of nitrogens with zero attached hydrogens (tertiary/aromatic N) is 2. The second-order valence-corrected chi connectivity index (χ2v) is 8.32. The fourth-order valence-electron chi connectivity index (χ4n) is 4.30. The first-order valence-electron chi connectivity index (χ1n) is 11.2. The summed E-state index contributed by atoms with van der Waals surface area (Å²) in [5.41, 5.74) is 1.29. The first-order valence-corrected chi connectivity index (χ1v) is 11.2. The van der Waals surface area contributed by atoms with Gasteiger partial charge in [0.1, 0.15) is 12.1 Å². The van der Waals surface area contributed by atoms with Crippen LogP contribution in [0.2, 0.25) is 0 Å². The number of carbonyl (C=O) groups excluding carboxylic acids is 3. The van der Waals surface area contributed by atoms with E-state index >= 15 is 0 Å². The van der Waals surface area contributed by atoms with E-state index in [0.29, 0.717) is 24.6 Å². The Hall–Kier alpha value is -3.35. The summed E-state index contributed by atoms with van der Waals surface area (Å²) in [5, 5.41) is 5.63. The predicted molar refractivity (Wildman–Crippen MR) is 127 cm³/mol. The average Bonchev–Trinajstić information content (AvgIpc) is 3.01. The second kappa shape index (κ2) is 9.85. The van der Waals surface area contributed by atoms with Gasteiger partial charge in [-0.05, 0) is 57.0 Å². The summed E-state index contributed by atoms with van der Waals surface area (Å²) in [6, 6.07) is 16.6. The maximum atomic E-state index is 13.3. The molecule has 0 radical (unpaired) electrons. The minimum atomic E-state index is -1.13. The van der Waals surface area contributed by atoms with Gasteiger partial charge in [-0.15, -0.1) is 0 Å². The van der Waals surface area contributed by atoms with Gasteiger partial charge in [0.05, 0.1) is 0 Å². The molecule has 32 heavy (non-hydrogen) atoms. The van der Waals surface area contributed by atoms with Crippen molar-refractivity contribution in [2.45, 2.75) is 52.1 Å². The van der Waals surface area contributed by atoms with Gasteiger partial charge in [-0.25, -0.2) is 4.79 Å². The van der Waals surface area contributed by atoms with Crippen molar-refractivity contribution in [2.24, 2.45) is 0 Å². The lowest BCUT2D eigenvalue weighted by molar-refractivity contribution is -0.134. The fraction of sp³-hybridized carbons (Fsp3) is 0.400. The molecule has 2 aromatic rings. The molecule has 1 heterocycles. The highest BCUT2D eigenvalue weighted by molar-refractivity contribution is 6.10. The molecule has 0 bridgehead atoms. The van der Waals surface area contributed by atoms with Gasteiger partial charge in [0.25, 0.3) is 5.91 Å². The van der Waals surface area contributed by atoms with Gasteiger partial charge in [0, 0.05) is 24.0 Å². The van der Waals surface area contributed by atoms with Crippen LogP contribution in [0.1, 0.15) is 46.1 Å². The molecule has 0 spiro atoms. The number of nitrogens with one attached hydrogen (secondary N) is 2. The Bertz CT molecular complexity index is 959. The zero-order valence-electron chi connectivity index (χ0n) is 19.2. The summed E-state index contributed by atoms with van der Waals surface area (Å²) in [6.45, 7) is 8.87. The number of anilines is 2. The zero-order chi connectivity index (χ0) is 23.3. The number of imide groups is 1. The van der Waals surface area contributed by atoms with Crippen LogP contribution in [0.4, 0.5) is 16.2 Å². The summed E-state index contributed by atoms with van der Waals surface area (Å²) in [7, 11) is 0. The third kappa shape index (κ3) is 4.61. The molecule has 1 aliphatic heterocycles. The lowest BCUT2D eigenvalue weighted by Gasteiger charge is -2.27. The SMILES string of the molecule is CCCC1(c2ccccc2)NC(=O)N(CC(=O)Nc2ccc(N(CC)C(C)C)cc2)C1=O. The Labute approximate surface area is 189 Å². The predicted octanol–water partition coefficient (Wildman–Crippen LogP) is 4.11. The number of hydrogen-bond acceptors (Lipinski definition) is 4. The van der Waals surface area contributed by atoms with Crippen LogP contribution >= 0.6 is 0 Å². The van der Waals surface area contributed by atoms with Gasteiger partial charge in [-0.1, -0.05) is 43.7 Å². The first-order chi connectivity index (χ1) is 15.3. The summed E-state index contributed by atoms with van der Waals surface area (Å²) >= 11 is 0. The molecular formula is C25H32N4O3. The van der Waals surface area contributed by atoms with Crippen molar-refractivity contribution in [2.75, 3.05) is 23.3 Å². The van der Waals surface area contributed by atoms with Gasteiger partial charge in [0.2, 0.25) is 5.91 Å². The molecule has 7 nitrogen and oxygen atoms in total. The number of hydrogen-bond donors (Lipinski definition) is 2. The molecule has 7 heteroatoms. The smallest absolute Gasteiger partial charge is 0.325 e. The highest BCUT2D eigenvalue weighted by Gasteiger charge is 2.52. The van der Waals surface area contributed by atoms with Crippen LogP contribution in [0.5, 0.6) is 0 Å². The van der Waals surface area contributed by atoms with Gasteiger partial charge in [0.15, 0.2) is 0 Å². The van der Waals surface area contributed by atoms with Gasteiger partial charge in [-0.2, -0.15) is 0 Å². The first kappa shape index (κ1) is 23.3. The van der Waals surface area contributed by atoms with Gasteiger partial charge >= 0.3 is 6.03 Å². The Morgan fingerprint density at radius 2 is 1.72 bits per heavy atom. The molecule has 0 saturated carbocycles. The molecule has 4 amide bonds. The molecule has 170 valence electrons. The third-order valence-electron chi connectivity index (χ3n) is 5.82. The van der Waals surface area contributed by atoms with E-state index in [1.165, 1.54) is 0 Å². The highest BCUT2D eigenvalue weighted by Crippen LogP contribution is 2.33. The average molecular weight is 437 g/mol. The van der Waals surface area contributed by atoms with Crippen molar-refractivity contribution in [3.63, 3.8) is 0 Å². The largest absolute Gasteiger partial charge is 0.369 e. The standard InChI is InChI=1S/C25H32N4O3/c1-5-16-25(19-10-8-7-9-11-19)23(31)29(24(32)27-25)17-22(30)26-20-12-14-21(15-13-20)28(6-2)18(3)4/h7-15,18H,5-6,16-17H2,1-4H3,(H,26,30)(H,27,32). The van der Waals surface area contributed by atoms with Crippen LogP contribution in [0.3, 0.4) is 0 Å². The molecule has 1 aliphatic rings. The van der Waals surface area contributed by atoms with E-state index in [2.05, 4.69) is 36.3 Å². The topological polar surface area (TPSA) is 81.8 Å². The molecule has 0 aromatic heterocycles. The maximum absolute atomic E-state index is 13.3. The van der Waals surface area contributed by atoms with Gasteiger partial charge in [-0.3, -0.25) is 14.5 Å². The van der Waals surface area contributed by atoms with Crippen molar-refractivity contribution in [3.8, 4) is 0 Å². The van der Waals surface area contributed by atoms with Crippen molar-refractivity contribution in [1.29, 1.82) is 0 Å². The van der Waals surface area contributed by atoms with Crippen molar-refractivity contribution in [3.05, 3.63) is 60.2 Å². The Balaban J connectivity index is 1.71. The van der Waals surface area contributed by atoms with Crippen molar-refractivity contribution in [1.82, 2.24) is 10.2 Å². The zero-order valence-corrected chi connectivity index (χ0v) is 19.2. The summed E-state index contributed by atoms with van der Waals surface area (Å²) in [5.74, 6) is -0.811. The van der Waals surface area contributed by atoms with Crippen molar-refractivity contribution >= 4 is 29.2 Å². The normalized spacial score (nSPS) is 18.1. The maximum Gasteiger partial charge on any atom is 0.325 e. The lowest BCUT2D eigenvalue weighted by Crippen LogP contribution is -2.44. The number of benzene rings is 2. The van der Waals surface area contributed by atoms with Crippen LogP contribution in [0.15, 0.2) is 54.6 Å². The Morgan fingerprint density at radius 3 is 2.28 bits per heavy atom. The third-order valence-corrected chi connectivity index (χ3v) is 5.82. The molecular weight excluding hydrogens is 404 g/mol. The van der Waals surface area contributed by atoms with E-state index in [9.17, 15) is 14.4 Å². The van der Waals surface area contributed by atoms with Crippen LogP contribution in [-0.4, -0.2) is 41.9 Å². The molecule has 1 atom stereocenters. The second-order valence-electron chi connectivity index (χ2n) is 8.32. The monoisotopic (exact) mass is 436 g/mol. The molecule has 2 N–H and O–H groups in total. The van der Waals surface area contributed by atoms with E-state index in [4.69, 9.17) is 0 Å². The summed E-state index contributed by atoms with van der Waals surface area (Å²) in [4.78, 5) is 41.9. The van der Waals surface area contributed by atoms with Crippen LogP contribution in [-0.2, 0) is 15.1 Å². The van der Waals surface area contributed by atoms with E-state index in [1.807, 2.05) is 61.5 Å². The van der Waals surface area contributed by atoms with E-state index in [1.54, 1.807) is 0 Å². The molecule has 1 fully saturated rings. The molecule has 2 aromatic carbocycles. The van der Waals surface area contributed by atoms with E-state index in [-0.39, 0.29) is 6.54 Å². The van der Waals surface area contributed by atoms with E-state index < -0.39 is 23.4 Å². The Kier molecular flexibility index (Phi) is 7.18.